The van der Waals surface area contributed by atoms with Crippen molar-refractivity contribution in [3.05, 3.63) is 46.8 Å². The van der Waals surface area contributed by atoms with Gasteiger partial charge in [0.2, 0.25) is 0 Å². The van der Waals surface area contributed by atoms with E-state index in [0.717, 1.165) is 15.8 Å². The summed E-state index contributed by atoms with van der Waals surface area (Å²) < 4.78 is 32.2. The fourth-order valence-electron chi connectivity index (χ4n) is 1.95. The lowest BCUT2D eigenvalue weighted by Gasteiger charge is -2.09. The van der Waals surface area contributed by atoms with E-state index in [-0.39, 0.29) is 13.2 Å². The molecule has 0 fully saturated rings. The van der Waals surface area contributed by atoms with Crippen molar-refractivity contribution in [2.24, 2.45) is 0 Å². The normalized spacial score (nSPS) is 10.9. The summed E-state index contributed by atoms with van der Waals surface area (Å²) in [6.07, 6.45) is -2.86. The summed E-state index contributed by atoms with van der Waals surface area (Å²) in [5, 5.41) is 7.20. The Bertz CT molecular complexity index is 641. The minimum absolute atomic E-state index is 0.0894. The molecule has 0 N–H and O–H groups in total. The van der Waals surface area contributed by atoms with Crippen molar-refractivity contribution in [2.45, 2.75) is 26.8 Å². The number of carbonyl (C=O) groups excluding carboxylic acids is 1. The van der Waals surface area contributed by atoms with Crippen molar-refractivity contribution >= 4 is 5.97 Å². The second-order valence-electron chi connectivity index (χ2n) is 4.43. The quantitative estimate of drug-likeness (QED) is 0.796. The molecule has 0 aliphatic rings. The van der Waals surface area contributed by atoms with Gasteiger partial charge in [-0.15, -0.1) is 5.10 Å². The Morgan fingerprint density at radius 1 is 1.38 bits per heavy atom. The van der Waals surface area contributed by atoms with Crippen LogP contribution in [0, 0.1) is 6.92 Å². The monoisotopic (exact) mass is 295 g/mol. The second kappa shape index (κ2) is 6.43. The van der Waals surface area contributed by atoms with Crippen LogP contribution in [0.5, 0.6) is 0 Å². The Morgan fingerprint density at radius 2 is 2.10 bits per heavy atom. The van der Waals surface area contributed by atoms with Crippen LogP contribution in [0.2, 0.25) is 0 Å². The van der Waals surface area contributed by atoms with Crippen LogP contribution >= 0.6 is 0 Å². The third-order valence-corrected chi connectivity index (χ3v) is 3.03. The van der Waals surface area contributed by atoms with E-state index in [1.807, 2.05) is 31.2 Å². The molecule has 0 amide bonds. The molecule has 7 heteroatoms. The average Bonchev–Trinajstić information content (AvgIpc) is 2.85. The van der Waals surface area contributed by atoms with Crippen molar-refractivity contribution in [1.29, 1.82) is 0 Å². The van der Waals surface area contributed by atoms with E-state index in [1.165, 1.54) is 0 Å². The van der Waals surface area contributed by atoms with Crippen LogP contribution in [0.25, 0.3) is 0 Å². The minimum Gasteiger partial charge on any atom is -0.461 e. The maximum Gasteiger partial charge on any atom is 0.361 e. The Morgan fingerprint density at radius 3 is 2.71 bits per heavy atom. The van der Waals surface area contributed by atoms with Gasteiger partial charge in [-0.05, 0) is 25.0 Å². The summed E-state index contributed by atoms with van der Waals surface area (Å²) in [5.41, 5.74) is 0.836. The van der Waals surface area contributed by atoms with Gasteiger partial charge in [0, 0.05) is 0 Å². The van der Waals surface area contributed by atoms with E-state index in [1.54, 1.807) is 6.92 Å². The van der Waals surface area contributed by atoms with E-state index in [0.29, 0.717) is 0 Å². The maximum atomic E-state index is 13.2. The summed E-state index contributed by atoms with van der Waals surface area (Å²) in [7, 11) is 0. The number of benzene rings is 1. The van der Waals surface area contributed by atoms with Crippen molar-refractivity contribution in [3.63, 3.8) is 0 Å². The molecule has 21 heavy (non-hydrogen) atoms. The van der Waals surface area contributed by atoms with Gasteiger partial charge in [0.25, 0.3) is 6.43 Å². The van der Waals surface area contributed by atoms with E-state index < -0.39 is 23.8 Å². The fourth-order valence-corrected chi connectivity index (χ4v) is 1.95. The topological polar surface area (TPSA) is 57.0 Å². The molecule has 1 aromatic heterocycles. The molecule has 5 nitrogen and oxygen atoms in total. The Balaban J connectivity index is 2.36. The molecule has 112 valence electrons. The summed E-state index contributed by atoms with van der Waals surface area (Å²) in [4.78, 5) is 11.6. The zero-order chi connectivity index (χ0) is 15.4. The average molecular weight is 295 g/mol. The lowest BCUT2D eigenvalue weighted by molar-refractivity contribution is 0.0506. The van der Waals surface area contributed by atoms with Gasteiger partial charge in [0.1, 0.15) is 5.69 Å². The maximum absolute atomic E-state index is 13.2. The molecule has 0 radical (unpaired) electrons. The summed E-state index contributed by atoms with van der Waals surface area (Å²) in [6.45, 7) is 3.68. The molecular weight excluding hydrogens is 280 g/mol. The Kier molecular flexibility index (Phi) is 4.62. The van der Waals surface area contributed by atoms with Crippen molar-refractivity contribution in [3.8, 4) is 0 Å². The number of hydrogen-bond donors (Lipinski definition) is 0. The molecule has 1 heterocycles. The molecule has 1 aromatic carbocycles. The molecule has 0 saturated heterocycles. The van der Waals surface area contributed by atoms with Crippen LogP contribution in [0.3, 0.4) is 0 Å². The van der Waals surface area contributed by atoms with Gasteiger partial charge in [-0.3, -0.25) is 0 Å². The van der Waals surface area contributed by atoms with Gasteiger partial charge in [-0.2, -0.15) is 0 Å². The molecule has 0 aliphatic heterocycles. The first kappa shape index (κ1) is 15.1. The summed E-state index contributed by atoms with van der Waals surface area (Å²) in [5.74, 6) is -0.885. The molecule has 0 saturated carbocycles. The predicted octanol–water partition coefficient (Wildman–Crippen LogP) is 2.75. The molecule has 0 atom stereocenters. The predicted molar refractivity (Wildman–Crippen MR) is 71.2 cm³/mol. The van der Waals surface area contributed by atoms with Crippen molar-refractivity contribution < 1.29 is 18.3 Å². The van der Waals surface area contributed by atoms with Crippen molar-refractivity contribution in [2.75, 3.05) is 6.61 Å². The number of nitrogens with zero attached hydrogens (tertiary/aromatic N) is 3. The lowest BCUT2D eigenvalue weighted by Crippen LogP contribution is -2.12. The van der Waals surface area contributed by atoms with Crippen molar-refractivity contribution in [1.82, 2.24) is 15.0 Å². The minimum atomic E-state index is -2.86. The first-order valence-corrected chi connectivity index (χ1v) is 6.47. The molecular formula is C14H15F2N3O2. The van der Waals surface area contributed by atoms with Gasteiger partial charge >= 0.3 is 5.97 Å². The molecule has 0 unspecified atom stereocenters. The first-order valence-electron chi connectivity index (χ1n) is 6.47. The Labute approximate surface area is 120 Å². The standard InChI is InChI=1S/C14H15F2N3O2/c1-3-21-14(20)11-12(13(15)16)19(18-17-11)8-10-7-5-4-6-9(10)2/h4-7,13H,3,8H2,1-2H3. The van der Waals surface area contributed by atoms with Gasteiger partial charge in [-0.25, -0.2) is 18.3 Å². The zero-order valence-electron chi connectivity index (χ0n) is 11.7. The van der Waals surface area contributed by atoms with E-state index in [9.17, 15) is 13.6 Å². The number of aromatic nitrogens is 3. The highest BCUT2D eigenvalue weighted by atomic mass is 19.3. The smallest absolute Gasteiger partial charge is 0.361 e. The highest BCUT2D eigenvalue weighted by Gasteiger charge is 2.27. The van der Waals surface area contributed by atoms with Crippen LogP contribution in [-0.2, 0) is 11.3 Å². The number of halogens is 2. The van der Waals surface area contributed by atoms with Crippen LogP contribution in [0.4, 0.5) is 8.78 Å². The second-order valence-corrected chi connectivity index (χ2v) is 4.43. The highest BCUT2D eigenvalue weighted by Crippen LogP contribution is 2.23. The summed E-state index contributed by atoms with van der Waals surface area (Å²) in [6, 6.07) is 7.36. The number of esters is 1. The van der Waals surface area contributed by atoms with Crippen LogP contribution < -0.4 is 0 Å². The highest BCUT2D eigenvalue weighted by molar-refractivity contribution is 5.88. The number of aryl methyl sites for hydroxylation is 1. The van der Waals surface area contributed by atoms with Gasteiger partial charge in [-0.1, -0.05) is 29.5 Å². The largest absolute Gasteiger partial charge is 0.461 e. The third-order valence-electron chi connectivity index (χ3n) is 3.03. The molecule has 0 spiro atoms. The number of rotatable bonds is 5. The number of ether oxygens (including phenoxy) is 1. The summed E-state index contributed by atoms with van der Waals surface area (Å²) >= 11 is 0. The van der Waals surface area contributed by atoms with Crippen LogP contribution in [-0.4, -0.2) is 27.6 Å². The number of hydrogen-bond acceptors (Lipinski definition) is 4. The van der Waals surface area contributed by atoms with E-state index in [4.69, 9.17) is 4.74 Å². The SMILES string of the molecule is CCOC(=O)c1nnn(Cc2ccccc2C)c1C(F)F. The first-order chi connectivity index (χ1) is 10.0. The number of carbonyl (C=O) groups is 1. The Hall–Kier alpha value is -2.31. The van der Waals surface area contributed by atoms with E-state index >= 15 is 0 Å². The van der Waals surface area contributed by atoms with Gasteiger partial charge in [0.15, 0.2) is 5.69 Å². The van der Waals surface area contributed by atoms with E-state index in [2.05, 4.69) is 10.3 Å². The molecule has 0 aliphatic carbocycles. The van der Waals surface area contributed by atoms with Crippen LogP contribution in [0.1, 0.15) is 40.7 Å². The molecule has 2 aromatic rings. The fraction of sp³-hybridized carbons (Fsp3) is 0.357. The molecule has 2 rings (SSSR count). The van der Waals surface area contributed by atoms with Crippen LogP contribution in [0.15, 0.2) is 24.3 Å². The molecule has 0 bridgehead atoms. The third kappa shape index (κ3) is 3.24. The van der Waals surface area contributed by atoms with Gasteiger partial charge < -0.3 is 4.74 Å². The lowest BCUT2D eigenvalue weighted by atomic mass is 10.1. The number of alkyl halides is 2. The zero-order valence-corrected chi connectivity index (χ0v) is 11.7. The van der Waals surface area contributed by atoms with Gasteiger partial charge in [0.05, 0.1) is 13.2 Å².